The lowest BCUT2D eigenvalue weighted by Crippen LogP contribution is -2.31. The highest BCUT2D eigenvalue weighted by Gasteiger charge is 2.17. The number of benzene rings is 1. The zero-order valence-corrected chi connectivity index (χ0v) is 11.8. The van der Waals surface area contributed by atoms with Crippen molar-refractivity contribution in [2.45, 2.75) is 25.7 Å². The van der Waals surface area contributed by atoms with Crippen LogP contribution in [-0.2, 0) is 19.3 Å². The van der Waals surface area contributed by atoms with E-state index in [1.165, 1.54) is 5.56 Å². The molecule has 0 fully saturated rings. The first-order chi connectivity index (χ1) is 10.2. The third kappa shape index (κ3) is 3.05. The Morgan fingerprint density at radius 3 is 2.81 bits per heavy atom. The van der Waals surface area contributed by atoms with E-state index in [9.17, 15) is 9.59 Å². The molecule has 0 radical (unpaired) electrons. The zero-order valence-electron chi connectivity index (χ0n) is 11.8. The second kappa shape index (κ2) is 5.95. The molecule has 108 valence electrons. The van der Waals surface area contributed by atoms with Crippen molar-refractivity contribution in [1.29, 1.82) is 0 Å². The van der Waals surface area contributed by atoms with Crippen molar-refractivity contribution in [1.82, 2.24) is 10.3 Å². The van der Waals surface area contributed by atoms with E-state index in [0.717, 1.165) is 36.9 Å². The molecule has 1 aromatic carbocycles. The number of aryl methyl sites for hydroxylation is 2. The molecule has 4 nitrogen and oxygen atoms in total. The molecule has 2 aromatic rings. The smallest absolute Gasteiger partial charge is 0.261 e. The fourth-order valence-electron chi connectivity index (χ4n) is 2.74. The van der Waals surface area contributed by atoms with Gasteiger partial charge in [-0.25, -0.2) is 0 Å². The van der Waals surface area contributed by atoms with E-state index in [1.54, 1.807) is 6.07 Å². The Labute approximate surface area is 123 Å². The van der Waals surface area contributed by atoms with Gasteiger partial charge in [0.05, 0.1) is 0 Å². The molecule has 0 atom stereocenters. The minimum absolute atomic E-state index is 0.226. The highest BCUT2D eigenvalue weighted by atomic mass is 16.2. The lowest BCUT2D eigenvalue weighted by molar-refractivity contribution is 0.0952. The van der Waals surface area contributed by atoms with E-state index in [0.29, 0.717) is 6.54 Å². The van der Waals surface area contributed by atoms with Gasteiger partial charge in [0.25, 0.3) is 11.5 Å². The maximum Gasteiger partial charge on any atom is 0.261 e. The van der Waals surface area contributed by atoms with Gasteiger partial charge in [-0.1, -0.05) is 30.3 Å². The molecule has 3 rings (SSSR count). The van der Waals surface area contributed by atoms with Gasteiger partial charge >= 0.3 is 0 Å². The standard InChI is InChI=1S/C17H18N2O2/c20-16(18-10-9-12-5-2-1-3-6-12)14-11-13-7-4-8-15(13)19-17(14)21/h1-3,5-6,11H,4,7-10H2,(H,18,20)(H,19,21). The van der Waals surface area contributed by atoms with Crippen LogP contribution < -0.4 is 10.9 Å². The minimum atomic E-state index is -0.290. The van der Waals surface area contributed by atoms with Crippen molar-refractivity contribution in [3.05, 3.63) is 69.1 Å². The number of fused-ring (bicyclic) bond motifs is 1. The first-order valence-corrected chi connectivity index (χ1v) is 7.31. The highest BCUT2D eigenvalue weighted by molar-refractivity contribution is 5.94. The molecule has 4 heteroatoms. The molecule has 1 amide bonds. The topological polar surface area (TPSA) is 62.0 Å². The Hall–Kier alpha value is -2.36. The van der Waals surface area contributed by atoms with Crippen LogP contribution in [0.1, 0.15) is 33.6 Å². The van der Waals surface area contributed by atoms with Crippen LogP contribution in [0.4, 0.5) is 0 Å². The summed E-state index contributed by atoms with van der Waals surface area (Å²) in [6.07, 6.45) is 3.65. The predicted molar refractivity (Wildman–Crippen MR) is 81.6 cm³/mol. The number of aromatic nitrogens is 1. The Kier molecular flexibility index (Phi) is 3.86. The molecule has 1 heterocycles. The Morgan fingerprint density at radius 2 is 2.00 bits per heavy atom. The minimum Gasteiger partial charge on any atom is -0.352 e. The van der Waals surface area contributed by atoms with Crippen molar-refractivity contribution in [2.24, 2.45) is 0 Å². The van der Waals surface area contributed by atoms with Crippen LogP contribution in [0.15, 0.2) is 41.2 Å². The summed E-state index contributed by atoms with van der Waals surface area (Å²) in [5, 5.41) is 2.82. The number of pyridine rings is 1. The largest absolute Gasteiger partial charge is 0.352 e. The number of hydrogen-bond donors (Lipinski definition) is 2. The van der Waals surface area contributed by atoms with Crippen LogP contribution in [0.25, 0.3) is 0 Å². The first-order valence-electron chi connectivity index (χ1n) is 7.31. The summed E-state index contributed by atoms with van der Waals surface area (Å²) in [5.41, 5.74) is 3.20. The number of rotatable bonds is 4. The lowest BCUT2D eigenvalue weighted by atomic mass is 10.1. The fourth-order valence-corrected chi connectivity index (χ4v) is 2.74. The van der Waals surface area contributed by atoms with Gasteiger partial charge in [-0.05, 0) is 42.9 Å². The van der Waals surface area contributed by atoms with Gasteiger partial charge in [0, 0.05) is 12.2 Å². The normalized spacial score (nSPS) is 13.0. The molecule has 1 aromatic heterocycles. The van der Waals surface area contributed by atoms with Crippen LogP contribution in [0, 0.1) is 0 Å². The third-order valence-corrected chi connectivity index (χ3v) is 3.87. The molecule has 0 saturated heterocycles. The third-order valence-electron chi connectivity index (χ3n) is 3.87. The number of H-pyrrole nitrogens is 1. The highest BCUT2D eigenvalue weighted by Crippen LogP contribution is 2.18. The summed E-state index contributed by atoms with van der Waals surface area (Å²) in [6, 6.07) is 11.7. The van der Waals surface area contributed by atoms with Gasteiger partial charge in [-0.3, -0.25) is 9.59 Å². The molecule has 0 spiro atoms. The maximum atomic E-state index is 12.1. The van der Waals surface area contributed by atoms with Crippen molar-refractivity contribution in [2.75, 3.05) is 6.54 Å². The number of amides is 1. The first kappa shape index (κ1) is 13.6. The number of hydrogen-bond acceptors (Lipinski definition) is 2. The van der Waals surface area contributed by atoms with E-state index in [2.05, 4.69) is 10.3 Å². The second-order valence-corrected chi connectivity index (χ2v) is 5.36. The van der Waals surface area contributed by atoms with E-state index < -0.39 is 0 Å². The van der Waals surface area contributed by atoms with Crippen LogP contribution >= 0.6 is 0 Å². The van der Waals surface area contributed by atoms with Crippen LogP contribution in [0.2, 0.25) is 0 Å². The molecular weight excluding hydrogens is 264 g/mol. The van der Waals surface area contributed by atoms with E-state index >= 15 is 0 Å². The van der Waals surface area contributed by atoms with Gasteiger partial charge in [0.1, 0.15) is 5.56 Å². The van der Waals surface area contributed by atoms with Crippen LogP contribution in [0.5, 0.6) is 0 Å². The molecule has 21 heavy (non-hydrogen) atoms. The van der Waals surface area contributed by atoms with Gasteiger partial charge in [0.15, 0.2) is 0 Å². The Balaban J connectivity index is 1.65. The van der Waals surface area contributed by atoms with Crippen molar-refractivity contribution < 1.29 is 4.79 Å². The molecule has 0 aliphatic heterocycles. The van der Waals surface area contributed by atoms with Gasteiger partial charge in [-0.2, -0.15) is 0 Å². The number of aromatic amines is 1. The summed E-state index contributed by atoms with van der Waals surface area (Å²) in [6.45, 7) is 0.527. The van der Waals surface area contributed by atoms with Gasteiger partial charge in [0.2, 0.25) is 0 Å². The number of nitrogens with one attached hydrogen (secondary N) is 2. The molecule has 0 saturated carbocycles. The summed E-state index contributed by atoms with van der Waals surface area (Å²) < 4.78 is 0. The Morgan fingerprint density at radius 1 is 1.19 bits per heavy atom. The van der Waals surface area contributed by atoms with Crippen molar-refractivity contribution in [3.8, 4) is 0 Å². The SMILES string of the molecule is O=C(NCCc1ccccc1)c1cc2c([nH]c1=O)CCC2. The molecule has 0 bridgehead atoms. The molecular formula is C17H18N2O2. The van der Waals surface area contributed by atoms with E-state index in [-0.39, 0.29) is 17.0 Å². The Bertz CT molecular complexity index is 704. The van der Waals surface area contributed by atoms with Gasteiger partial charge < -0.3 is 10.3 Å². The quantitative estimate of drug-likeness (QED) is 0.898. The molecule has 0 unspecified atom stereocenters. The summed E-state index contributed by atoms with van der Waals surface area (Å²) in [7, 11) is 0. The second-order valence-electron chi connectivity index (χ2n) is 5.36. The summed E-state index contributed by atoms with van der Waals surface area (Å²) in [4.78, 5) is 26.9. The number of carbonyl (C=O) groups is 1. The van der Waals surface area contributed by atoms with Crippen molar-refractivity contribution >= 4 is 5.91 Å². The molecule has 2 N–H and O–H groups in total. The van der Waals surface area contributed by atoms with Gasteiger partial charge in [-0.15, -0.1) is 0 Å². The maximum absolute atomic E-state index is 12.1. The van der Waals surface area contributed by atoms with Crippen molar-refractivity contribution in [3.63, 3.8) is 0 Å². The fraction of sp³-hybridized carbons (Fsp3) is 0.294. The van der Waals surface area contributed by atoms with Crippen LogP contribution in [-0.4, -0.2) is 17.4 Å². The zero-order chi connectivity index (χ0) is 14.7. The molecule has 1 aliphatic carbocycles. The van der Waals surface area contributed by atoms with E-state index in [4.69, 9.17) is 0 Å². The average Bonchev–Trinajstić information content (AvgIpc) is 2.94. The average molecular weight is 282 g/mol. The van der Waals surface area contributed by atoms with Crippen LogP contribution in [0.3, 0.4) is 0 Å². The number of carbonyl (C=O) groups excluding carboxylic acids is 1. The predicted octanol–water partition coefficient (Wildman–Crippen LogP) is 1.84. The monoisotopic (exact) mass is 282 g/mol. The summed E-state index contributed by atoms with van der Waals surface area (Å²) >= 11 is 0. The summed E-state index contributed by atoms with van der Waals surface area (Å²) in [5.74, 6) is -0.290. The lowest BCUT2D eigenvalue weighted by Gasteiger charge is -2.06. The van der Waals surface area contributed by atoms with E-state index in [1.807, 2.05) is 30.3 Å². The molecule has 1 aliphatic rings.